The fourth-order valence-electron chi connectivity index (χ4n) is 7.12. The second kappa shape index (κ2) is 35.4. The first-order valence-electron chi connectivity index (χ1n) is 22.6. The van der Waals surface area contributed by atoms with E-state index in [1.54, 1.807) is 0 Å². The van der Waals surface area contributed by atoms with E-state index in [0.717, 1.165) is 38.5 Å². The lowest BCUT2D eigenvalue weighted by Gasteiger charge is -2.38. The quantitative estimate of drug-likeness (QED) is 0.0347. The normalized spacial score (nSPS) is 20.3. The first-order chi connectivity index (χ1) is 26.7. The van der Waals surface area contributed by atoms with Crippen molar-refractivity contribution in [1.82, 2.24) is 0 Å². The van der Waals surface area contributed by atoms with Gasteiger partial charge in [-0.1, -0.05) is 187 Å². The summed E-state index contributed by atoms with van der Waals surface area (Å²) in [5.41, 5.74) is 0. The van der Waals surface area contributed by atoms with Crippen LogP contribution >= 0.6 is 0 Å². The van der Waals surface area contributed by atoms with Crippen molar-refractivity contribution in [1.29, 1.82) is 0 Å². The molecular weight excluding hydrogens is 704 g/mol. The molecule has 1 heterocycles. The van der Waals surface area contributed by atoms with E-state index in [-0.39, 0.29) is 26.1 Å². The Kier molecular flexibility index (Phi) is 33.0. The van der Waals surface area contributed by atoms with Gasteiger partial charge < -0.3 is 39.4 Å². The summed E-state index contributed by atoms with van der Waals surface area (Å²) >= 11 is 0. The topological polar surface area (TPSA) is 169 Å². The molecule has 55 heavy (non-hydrogen) atoms. The van der Waals surface area contributed by atoms with Gasteiger partial charge in [0.15, 0.2) is 18.5 Å². The average molecular weight is 787 g/mol. The Labute approximate surface area is 334 Å². The molecule has 1 aliphatic rings. The number of hydrogen-bond donors (Lipinski definition) is 4. The maximum Gasteiger partial charge on any atom is 0.335 e. The van der Waals surface area contributed by atoms with Gasteiger partial charge in [0.05, 0.1) is 6.61 Å². The number of aliphatic carboxylic acids is 1. The monoisotopic (exact) mass is 787 g/mol. The lowest BCUT2D eigenvalue weighted by Crippen LogP contribution is -2.60. The number of esters is 2. The third kappa shape index (κ3) is 27.5. The van der Waals surface area contributed by atoms with E-state index in [1.807, 2.05) is 0 Å². The molecule has 0 aromatic heterocycles. The number of aliphatic hydroxyl groups excluding tert-OH is 3. The van der Waals surface area contributed by atoms with Crippen molar-refractivity contribution in [3.63, 3.8) is 0 Å². The zero-order chi connectivity index (χ0) is 40.4. The van der Waals surface area contributed by atoms with E-state index in [4.69, 9.17) is 18.9 Å². The minimum atomic E-state index is -1.85. The molecule has 0 amide bonds. The van der Waals surface area contributed by atoms with E-state index < -0.39 is 54.7 Å². The Balaban J connectivity index is 2.30. The molecule has 1 rings (SSSR count). The highest BCUT2D eigenvalue weighted by Gasteiger charge is 2.47. The number of rotatable bonds is 38. The molecule has 0 aromatic carbocycles. The van der Waals surface area contributed by atoms with Gasteiger partial charge in [-0.2, -0.15) is 0 Å². The molecule has 0 bridgehead atoms. The number of carbonyl (C=O) groups is 3. The molecule has 0 saturated carbocycles. The first-order valence-corrected chi connectivity index (χ1v) is 22.6. The summed E-state index contributed by atoms with van der Waals surface area (Å²) < 4.78 is 21.7. The molecule has 0 aromatic rings. The summed E-state index contributed by atoms with van der Waals surface area (Å²) in [5, 5.41) is 39.7. The molecule has 4 N–H and O–H groups in total. The predicted octanol–water partition coefficient (Wildman–Crippen LogP) is 9.48. The van der Waals surface area contributed by atoms with Crippen molar-refractivity contribution >= 4 is 17.9 Å². The molecule has 1 saturated heterocycles. The van der Waals surface area contributed by atoms with Crippen LogP contribution in [0.15, 0.2) is 0 Å². The summed E-state index contributed by atoms with van der Waals surface area (Å²) in [4.78, 5) is 36.7. The molecule has 1 aliphatic heterocycles. The summed E-state index contributed by atoms with van der Waals surface area (Å²) in [6, 6.07) is 0. The molecule has 11 heteroatoms. The lowest BCUT2D eigenvalue weighted by atomic mass is 9.99. The highest BCUT2D eigenvalue weighted by molar-refractivity contribution is 5.73. The van der Waals surface area contributed by atoms with Crippen LogP contribution < -0.4 is 0 Å². The van der Waals surface area contributed by atoms with E-state index in [2.05, 4.69) is 13.8 Å². The summed E-state index contributed by atoms with van der Waals surface area (Å²) in [6.07, 6.45) is 26.0. The van der Waals surface area contributed by atoms with Gasteiger partial charge in [-0.25, -0.2) is 4.79 Å². The summed E-state index contributed by atoms with van der Waals surface area (Å²) in [7, 11) is 0. The van der Waals surface area contributed by atoms with Gasteiger partial charge in [-0.15, -0.1) is 0 Å². The minimum Gasteiger partial charge on any atom is -0.479 e. The van der Waals surface area contributed by atoms with E-state index >= 15 is 0 Å². The van der Waals surface area contributed by atoms with Crippen molar-refractivity contribution in [2.45, 2.75) is 250 Å². The highest BCUT2D eigenvalue weighted by atomic mass is 16.7. The summed E-state index contributed by atoms with van der Waals surface area (Å²) in [5.74, 6) is -2.43. The summed E-state index contributed by atoms with van der Waals surface area (Å²) in [6.45, 7) is 3.81. The third-order valence-electron chi connectivity index (χ3n) is 10.7. The standard InChI is InChI=1S/C44H82O11/c1-3-5-7-9-11-13-15-16-17-18-19-20-21-22-23-25-26-28-30-32-37(45)52-34-36(35-53-44-41(49)39(47)40(48)42(55-44)43(50)51)54-38(46)33-31-29-27-24-14-12-10-8-6-4-2/h36,39-42,44,47-49H,3-35H2,1-2H3,(H,50,51). The Hall–Kier alpha value is -1.79. The molecule has 6 unspecified atom stereocenters. The molecule has 0 aliphatic carbocycles. The van der Waals surface area contributed by atoms with Gasteiger partial charge in [0.2, 0.25) is 0 Å². The van der Waals surface area contributed by atoms with E-state index in [9.17, 15) is 34.8 Å². The van der Waals surface area contributed by atoms with Crippen molar-refractivity contribution in [2.24, 2.45) is 0 Å². The molecule has 6 atom stereocenters. The smallest absolute Gasteiger partial charge is 0.335 e. The van der Waals surface area contributed by atoms with E-state index in [1.165, 1.54) is 135 Å². The fraction of sp³-hybridized carbons (Fsp3) is 0.932. The first kappa shape index (κ1) is 51.2. The Morgan fingerprint density at radius 2 is 0.855 bits per heavy atom. The van der Waals surface area contributed by atoms with E-state index in [0.29, 0.717) is 12.8 Å². The van der Waals surface area contributed by atoms with Crippen LogP contribution in [0, 0.1) is 0 Å². The number of ether oxygens (including phenoxy) is 4. The zero-order valence-electron chi connectivity index (χ0n) is 34.9. The van der Waals surface area contributed by atoms with Crippen LogP contribution in [-0.2, 0) is 33.3 Å². The number of hydrogen-bond acceptors (Lipinski definition) is 10. The number of carboxylic acids is 1. The average Bonchev–Trinajstić information content (AvgIpc) is 3.17. The van der Waals surface area contributed by atoms with Gasteiger partial charge in [0.25, 0.3) is 0 Å². The third-order valence-corrected chi connectivity index (χ3v) is 10.7. The number of aliphatic hydroxyl groups is 3. The van der Waals surface area contributed by atoms with Crippen molar-refractivity contribution in [2.75, 3.05) is 13.2 Å². The number of unbranched alkanes of at least 4 members (excludes halogenated alkanes) is 27. The SMILES string of the molecule is CCCCCCCCCCCCCCCCCCCCCC(=O)OCC(COC1OC(C(=O)O)C(O)C(O)C1O)OC(=O)CCCCCCCCCCCC. The van der Waals surface area contributed by atoms with Crippen LogP contribution in [-0.4, -0.2) is 88.4 Å². The largest absolute Gasteiger partial charge is 0.479 e. The van der Waals surface area contributed by atoms with Gasteiger partial charge in [-0.05, 0) is 12.8 Å². The second-order valence-electron chi connectivity index (χ2n) is 15.9. The molecule has 0 radical (unpaired) electrons. The lowest BCUT2D eigenvalue weighted by molar-refractivity contribution is -0.298. The van der Waals surface area contributed by atoms with Crippen LogP contribution in [0.3, 0.4) is 0 Å². The predicted molar refractivity (Wildman–Crippen MR) is 216 cm³/mol. The second-order valence-corrected chi connectivity index (χ2v) is 15.9. The fourth-order valence-corrected chi connectivity index (χ4v) is 7.12. The van der Waals surface area contributed by atoms with Gasteiger partial charge in [-0.3, -0.25) is 9.59 Å². The van der Waals surface area contributed by atoms with Crippen LogP contribution in [0.4, 0.5) is 0 Å². The number of carbonyl (C=O) groups excluding carboxylic acids is 2. The van der Waals surface area contributed by atoms with Crippen LogP contribution in [0.25, 0.3) is 0 Å². The highest BCUT2D eigenvalue weighted by Crippen LogP contribution is 2.23. The Bertz CT molecular complexity index is 931. The Morgan fingerprint density at radius 1 is 0.491 bits per heavy atom. The number of carboxylic acid groups (broad SMARTS) is 1. The molecule has 11 nitrogen and oxygen atoms in total. The molecule has 0 spiro atoms. The van der Waals surface area contributed by atoms with Crippen LogP contribution in [0.5, 0.6) is 0 Å². The Morgan fingerprint density at radius 3 is 1.24 bits per heavy atom. The minimum absolute atomic E-state index is 0.189. The van der Waals surface area contributed by atoms with Crippen molar-refractivity contribution < 1.29 is 53.8 Å². The zero-order valence-corrected chi connectivity index (χ0v) is 34.9. The maximum atomic E-state index is 12.7. The molecular formula is C44H82O11. The van der Waals surface area contributed by atoms with Gasteiger partial charge >= 0.3 is 17.9 Å². The molecule has 324 valence electrons. The van der Waals surface area contributed by atoms with Crippen molar-refractivity contribution in [3.05, 3.63) is 0 Å². The van der Waals surface area contributed by atoms with Crippen LogP contribution in [0.1, 0.15) is 213 Å². The van der Waals surface area contributed by atoms with Crippen molar-refractivity contribution in [3.8, 4) is 0 Å². The van der Waals surface area contributed by atoms with Crippen LogP contribution in [0.2, 0.25) is 0 Å². The maximum absolute atomic E-state index is 12.7. The molecule has 1 fully saturated rings. The van der Waals surface area contributed by atoms with Gasteiger partial charge in [0.1, 0.15) is 24.9 Å². The van der Waals surface area contributed by atoms with Gasteiger partial charge in [0, 0.05) is 12.8 Å².